The van der Waals surface area contributed by atoms with Crippen LogP contribution in [0.15, 0.2) is 24.3 Å². The van der Waals surface area contributed by atoms with Crippen molar-refractivity contribution in [3.63, 3.8) is 0 Å². The number of fused-ring (bicyclic) bond motifs is 15. The number of aliphatic hydroxyl groups excluding tert-OH is 1. The van der Waals surface area contributed by atoms with Gasteiger partial charge in [0.2, 0.25) is 6.79 Å². The normalized spacial score (nSPS) is 34.1. The van der Waals surface area contributed by atoms with Crippen LogP contribution >= 0.6 is 11.8 Å². The number of hydrogen-bond donors (Lipinski definition) is 4. The molecule has 4 fully saturated rings. The van der Waals surface area contributed by atoms with Crippen molar-refractivity contribution in [2.24, 2.45) is 0 Å². The van der Waals surface area contributed by atoms with Gasteiger partial charge in [0.1, 0.15) is 23.3 Å². The topological polar surface area (TPSA) is 155 Å². The molecule has 0 amide bonds. The average Bonchev–Trinajstić information content (AvgIpc) is 3.89. The highest BCUT2D eigenvalue weighted by molar-refractivity contribution is 8.00. The number of benzene rings is 3. The average molecular weight is 765 g/mol. The SMILES string of the molecule is COc1ccc2[nH]c3c(c2c1)CCN[C@]31CS[C@H]2[C@H]3[C@H]4c5c(cc(C)c(OC)c5O)C5C[C@@H]([C@H](O)N3[C@H]3c6c7c(c(C)c(OC(C)=O)c6[C@@]32C1=O)OCO7)N54. The van der Waals surface area contributed by atoms with E-state index in [9.17, 15) is 15.0 Å². The van der Waals surface area contributed by atoms with Gasteiger partial charge in [-0.2, -0.15) is 11.8 Å². The number of ether oxygens (including phenoxy) is 5. The van der Waals surface area contributed by atoms with Gasteiger partial charge in [0.05, 0.1) is 37.8 Å². The molecule has 1 aliphatic carbocycles. The molecule has 14 heteroatoms. The number of aromatic amines is 1. The van der Waals surface area contributed by atoms with Crippen molar-refractivity contribution in [1.29, 1.82) is 0 Å². The number of phenolic OH excluding ortho intramolecular Hbond substituents is 1. The van der Waals surface area contributed by atoms with Crippen LogP contribution in [0, 0.1) is 13.8 Å². The van der Waals surface area contributed by atoms with Gasteiger partial charge in [-0.05, 0) is 61.6 Å². The van der Waals surface area contributed by atoms with Crippen LogP contribution in [0.5, 0.6) is 34.5 Å². The molecule has 284 valence electrons. The minimum atomic E-state index is -1.26. The Bertz CT molecular complexity index is 2490. The second-order valence-corrected chi connectivity index (χ2v) is 17.5. The van der Waals surface area contributed by atoms with Crippen LogP contribution in [0.1, 0.15) is 76.1 Å². The summed E-state index contributed by atoms with van der Waals surface area (Å²) in [7, 11) is 3.22. The third-order valence-electron chi connectivity index (χ3n) is 14.3. The monoisotopic (exact) mass is 764 g/mol. The molecule has 13 nitrogen and oxygen atoms in total. The van der Waals surface area contributed by atoms with Crippen LogP contribution in [0.25, 0.3) is 10.9 Å². The lowest BCUT2D eigenvalue weighted by Gasteiger charge is -2.60. The lowest BCUT2D eigenvalue weighted by molar-refractivity contribution is -0.205. The van der Waals surface area contributed by atoms with Crippen LogP contribution in [-0.2, 0) is 27.0 Å². The number of methoxy groups -OCH3 is 2. The lowest BCUT2D eigenvalue weighted by Crippen LogP contribution is -2.70. The highest BCUT2D eigenvalue weighted by atomic mass is 32.2. The maximum absolute atomic E-state index is 16.5. The van der Waals surface area contributed by atoms with Crippen molar-refractivity contribution in [3.8, 4) is 34.5 Å². The maximum Gasteiger partial charge on any atom is 0.308 e. The Hall–Kier alpha value is -4.47. The first-order valence-electron chi connectivity index (χ1n) is 19.0. The van der Waals surface area contributed by atoms with E-state index in [-0.39, 0.29) is 36.5 Å². The van der Waals surface area contributed by atoms with Crippen molar-refractivity contribution < 1.29 is 43.5 Å². The van der Waals surface area contributed by atoms with Crippen LogP contribution in [0.4, 0.5) is 0 Å². The Labute approximate surface area is 320 Å². The van der Waals surface area contributed by atoms with E-state index in [1.807, 2.05) is 32.0 Å². The van der Waals surface area contributed by atoms with Gasteiger partial charge in [-0.25, -0.2) is 0 Å². The molecular formula is C41H40N4O9S. The van der Waals surface area contributed by atoms with Gasteiger partial charge in [0, 0.05) is 75.4 Å². The largest absolute Gasteiger partial charge is 0.504 e. The zero-order valence-corrected chi connectivity index (χ0v) is 31.8. The molecule has 4 saturated heterocycles. The van der Waals surface area contributed by atoms with E-state index >= 15 is 4.79 Å². The second kappa shape index (κ2) is 10.5. The summed E-state index contributed by atoms with van der Waals surface area (Å²) >= 11 is 1.72. The summed E-state index contributed by atoms with van der Waals surface area (Å²) in [6.45, 7) is 5.72. The molecular weight excluding hydrogens is 725 g/mol. The summed E-state index contributed by atoms with van der Waals surface area (Å²) in [5, 5.41) is 29.0. The number of Topliss-reactive ketones (excluding diaryl/α,β-unsaturated/α-hetero) is 1. The smallest absolute Gasteiger partial charge is 0.308 e. The summed E-state index contributed by atoms with van der Waals surface area (Å²) in [6, 6.07) is 6.47. The molecule has 8 heterocycles. The predicted molar refractivity (Wildman–Crippen MR) is 199 cm³/mol. The van der Waals surface area contributed by atoms with Crippen LogP contribution < -0.4 is 29.0 Å². The van der Waals surface area contributed by atoms with E-state index in [1.165, 1.54) is 6.92 Å². The van der Waals surface area contributed by atoms with Gasteiger partial charge in [-0.15, -0.1) is 0 Å². The number of aromatic hydroxyl groups is 1. The van der Waals surface area contributed by atoms with Crippen LogP contribution in [0.2, 0.25) is 0 Å². The quantitative estimate of drug-likeness (QED) is 0.175. The molecule has 1 aromatic heterocycles. The number of esters is 1. The zero-order chi connectivity index (χ0) is 37.6. The first-order chi connectivity index (χ1) is 26.6. The number of hydrogen-bond acceptors (Lipinski definition) is 13. The summed E-state index contributed by atoms with van der Waals surface area (Å²) in [5.41, 5.74) is 5.09. The third-order valence-corrected chi connectivity index (χ3v) is 15.9. The van der Waals surface area contributed by atoms with Gasteiger partial charge in [0.15, 0.2) is 28.8 Å². The van der Waals surface area contributed by atoms with Crippen molar-refractivity contribution in [2.45, 2.75) is 86.3 Å². The fourth-order valence-corrected chi connectivity index (χ4v) is 14.3. The van der Waals surface area contributed by atoms with Crippen molar-refractivity contribution in [2.75, 3.05) is 33.3 Å². The number of aryl methyl sites for hydroxylation is 1. The molecule has 9 atom stereocenters. The van der Waals surface area contributed by atoms with Gasteiger partial charge in [-0.3, -0.25) is 24.7 Å². The number of piperazine rings is 1. The zero-order valence-electron chi connectivity index (χ0n) is 30.9. The number of nitrogens with zero attached hydrogens (tertiary/aromatic N) is 2. The summed E-state index contributed by atoms with van der Waals surface area (Å²) in [5.74, 6) is 2.52. The summed E-state index contributed by atoms with van der Waals surface area (Å²) in [4.78, 5) is 37.6. The fourth-order valence-electron chi connectivity index (χ4n) is 12.4. The van der Waals surface area contributed by atoms with Gasteiger partial charge < -0.3 is 38.9 Å². The maximum atomic E-state index is 16.5. The number of ketones is 1. The van der Waals surface area contributed by atoms with Crippen molar-refractivity contribution in [3.05, 3.63) is 68.9 Å². The molecule has 7 aliphatic heterocycles. The molecule has 8 aliphatic rings. The Morgan fingerprint density at radius 2 is 1.89 bits per heavy atom. The van der Waals surface area contributed by atoms with E-state index in [2.05, 4.69) is 26.2 Å². The van der Waals surface area contributed by atoms with Crippen LogP contribution in [-0.4, -0.2) is 93.6 Å². The van der Waals surface area contributed by atoms with E-state index in [0.29, 0.717) is 52.8 Å². The molecule has 4 aromatic rings. The number of rotatable bonds is 3. The molecule has 1 unspecified atom stereocenters. The van der Waals surface area contributed by atoms with E-state index in [0.717, 1.165) is 56.6 Å². The minimum Gasteiger partial charge on any atom is -0.504 e. The predicted octanol–water partition coefficient (Wildman–Crippen LogP) is 4.07. The van der Waals surface area contributed by atoms with Crippen LogP contribution in [0.3, 0.4) is 0 Å². The van der Waals surface area contributed by atoms with Gasteiger partial charge in [-0.1, -0.05) is 6.07 Å². The second-order valence-electron chi connectivity index (χ2n) is 16.3. The molecule has 4 N–H and O–H groups in total. The fraction of sp³-hybridized carbons (Fsp3) is 0.463. The number of aliphatic hydroxyl groups is 1. The Morgan fingerprint density at radius 1 is 1.07 bits per heavy atom. The lowest BCUT2D eigenvalue weighted by atomic mass is 9.52. The number of nitrogens with one attached hydrogen (secondary N) is 2. The molecule has 0 radical (unpaired) electrons. The summed E-state index contributed by atoms with van der Waals surface area (Å²) < 4.78 is 29.8. The standard InChI is InChI=1S/C41H40N4O9S/c1-15-10-21-23-12-24-38(48)45-29(28(44(23)24)25(21)30(47)31(15)51-5)37-41(27-26(36(41)45)34-33(52-14-53-34)16(2)32(27)54-17(3)46)39(49)40(13-55-37)35-19(8-9-42-40)20-11-18(50-4)6-7-22(20)43-35/h6-7,10-11,23-24,28-29,36-38,42-43,47-48H,8-9,12-14H2,1-5H3/t23?,24-,28+,29+,36-,37-,38-,40+,41+/m0/s1. The van der Waals surface area contributed by atoms with Crippen molar-refractivity contribution >= 4 is 34.4 Å². The number of aromatic nitrogens is 1. The minimum absolute atomic E-state index is 0.0154. The van der Waals surface area contributed by atoms with Crippen molar-refractivity contribution in [1.82, 2.24) is 20.1 Å². The number of carbonyl (C=O) groups excluding carboxylic acids is 2. The first kappa shape index (κ1) is 32.7. The highest BCUT2D eigenvalue weighted by Gasteiger charge is 2.82. The van der Waals surface area contributed by atoms with E-state index in [4.69, 9.17) is 23.7 Å². The third kappa shape index (κ3) is 3.47. The number of H-pyrrole nitrogens is 1. The molecule has 2 spiro atoms. The Morgan fingerprint density at radius 3 is 2.67 bits per heavy atom. The Kier molecular flexibility index (Phi) is 6.24. The molecule has 12 rings (SSSR count). The van der Waals surface area contributed by atoms with Gasteiger partial charge in [0.25, 0.3) is 0 Å². The molecule has 0 bridgehead atoms. The Balaban J connectivity index is 1.13. The molecule has 55 heavy (non-hydrogen) atoms. The summed E-state index contributed by atoms with van der Waals surface area (Å²) in [6.07, 6.45) is 0.503. The van der Waals surface area contributed by atoms with E-state index in [1.54, 1.807) is 26.0 Å². The van der Waals surface area contributed by atoms with Gasteiger partial charge >= 0.3 is 5.97 Å². The first-order valence-corrected chi connectivity index (χ1v) is 20.0. The molecule has 0 saturated carbocycles. The van der Waals surface area contributed by atoms with E-state index < -0.39 is 40.5 Å². The molecule has 3 aromatic carbocycles. The number of carbonyl (C=O) groups is 2. The number of thioether (sulfide) groups is 1. The number of phenols is 1. The highest BCUT2D eigenvalue weighted by Crippen LogP contribution is 2.78.